The fraction of sp³-hybridized carbons (Fsp3) is 0.556. The smallest absolute Gasteiger partial charge is 0.311 e. The molecule has 1 saturated carbocycles. The maximum absolute atomic E-state index is 10.3. The molecule has 0 saturated heterocycles. The summed E-state index contributed by atoms with van der Waals surface area (Å²) in [4.78, 5) is 14.4. The van der Waals surface area contributed by atoms with E-state index in [1.54, 1.807) is 0 Å². The average molecular weight is 181 g/mol. The van der Waals surface area contributed by atoms with Crippen LogP contribution in [0.5, 0.6) is 0 Å². The number of hydrogen-bond acceptors (Lipinski definition) is 3. The predicted octanol–water partition coefficient (Wildman–Crippen LogP) is 1.43. The number of nitrogens with zero attached hydrogens (tertiary/aromatic N) is 1. The van der Waals surface area contributed by atoms with Crippen LogP contribution in [0.4, 0.5) is 0 Å². The molecule has 2 rings (SSSR count). The van der Waals surface area contributed by atoms with E-state index >= 15 is 0 Å². The van der Waals surface area contributed by atoms with Gasteiger partial charge in [-0.3, -0.25) is 4.79 Å². The molecule has 4 nitrogen and oxygen atoms in total. The van der Waals surface area contributed by atoms with Crippen LogP contribution in [0.25, 0.3) is 0 Å². The summed E-state index contributed by atoms with van der Waals surface area (Å²) < 4.78 is 5.30. The first-order chi connectivity index (χ1) is 6.16. The molecule has 1 aliphatic rings. The summed E-state index contributed by atoms with van der Waals surface area (Å²) in [6.45, 7) is 2.13. The largest absolute Gasteiger partial charge is 0.481 e. The lowest BCUT2D eigenvalue weighted by Gasteiger charge is -1.89. The summed E-state index contributed by atoms with van der Waals surface area (Å²) in [6.07, 6.45) is 2.54. The fourth-order valence-electron chi connectivity index (χ4n) is 1.39. The van der Waals surface area contributed by atoms with Crippen LogP contribution < -0.4 is 0 Å². The Labute approximate surface area is 75.6 Å². The van der Waals surface area contributed by atoms with Gasteiger partial charge in [-0.1, -0.05) is 6.92 Å². The summed E-state index contributed by atoms with van der Waals surface area (Å²) in [5.41, 5.74) is 0. The number of carbonyl (C=O) groups is 1. The van der Waals surface area contributed by atoms with Crippen molar-refractivity contribution in [2.24, 2.45) is 5.92 Å². The lowest BCUT2D eigenvalue weighted by molar-refractivity contribution is -0.136. The molecule has 1 N–H and O–H groups in total. The normalized spacial score (nSPS) is 25.9. The van der Waals surface area contributed by atoms with Crippen LogP contribution in [0.1, 0.15) is 30.9 Å². The molecule has 4 heteroatoms. The molecule has 0 amide bonds. The van der Waals surface area contributed by atoms with Gasteiger partial charge < -0.3 is 9.52 Å². The van der Waals surface area contributed by atoms with Crippen molar-refractivity contribution in [3.05, 3.63) is 17.8 Å². The number of carboxylic acids is 1. The quantitative estimate of drug-likeness (QED) is 0.766. The monoisotopic (exact) mass is 181 g/mol. The van der Waals surface area contributed by atoms with E-state index in [4.69, 9.17) is 9.52 Å². The van der Waals surface area contributed by atoms with E-state index < -0.39 is 5.97 Å². The Kier molecular flexibility index (Phi) is 1.83. The summed E-state index contributed by atoms with van der Waals surface area (Å²) in [5, 5.41) is 8.49. The standard InChI is InChI=1S/C9H11NO3/c1-5-2-7(5)9-10-4-6(13-9)3-8(11)12/h4-5,7H,2-3H2,1H3,(H,11,12)/t5-,7+/m1/s1. The Bertz CT molecular complexity index is 331. The minimum absolute atomic E-state index is 0.0753. The third kappa shape index (κ3) is 1.71. The predicted molar refractivity (Wildman–Crippen MR) is 44.4 cm³/mol. The van der Waals surface area contributed by atoms with Gasteiger partial charge in [-0.15, -0.1) is 0 Å². The highest BCUT2D eigenvalue weighted by molar-refractivity contribution is 5.69. The van der Waals surface area contributed by atoms with E-state index in [1.807, 2.05) is 0 Å². The van der Waals surface area contributed by atoms with E-state index in [9.17, 15) is 4.79 Å². The second kappa shape index (κ2) is 2.87. The van der Waals surface area contributed by atoms with E-state index in [0.717, 1.165) is 6.42 Å². The average Bonchev–Trinajstić information content (AvgIpc) is 2.60. The number of oxazole rings is 1. The number of aliphatic carboxylic acids is 1. The third-order valence-corrected chi connectivity index (χ3v) is 2.32. The minimum Gasteiger partial charge on any atom is -0.481 e. The van der Waals surface area contributed by atoms with Crippen LogP contribution in [-0.4, -0.2) is 16.1 Å². The van der Waals surface area contributed by atoms with Crippen molar-refractivity contribution < 1.29 is 14.3 Å². The van der Waals surface area contributed by atoms with E-state index in [-0.39, 0.29) is 6.42 Å². The Morgan fingerprint density at radius 2 is 2.54 bits per heavy atom. The highest BCUT2D eigenvalue weighted by Gasteiger charge is 2.38. The molecule has 0 bridgehead atoms. The number of carboxylic acid groups (broad SMARTS) is 1. The molecule has 0 radical (unpaired) electrons. The molecule has 1 aliphatic carbocycles. The van der Waals surface area contributed by atoms with E-state index in [0.29, 0.717) is 23.5 Å². The summed E-state index contributed by atoms with van der Waals surface area (Å²) in [6, 6.07) is 0. The number of hydrogen-bond donors (Lipinski definition) is 1. The van der Waals surface area contributed by atoms with Gasteiger partial charge in [0.2, 0.25) is 0 Å². The first-order valence-corrected chi connectivity index (χ1v) is 4.33. The van der Waals surface area contributed by atoms with Gasteiger partial charge in [-0.2, -0.15) is 0 Å². The molecular weight excluding hydrogens is 170 g/mol. The van der Waals surface area contributed by atoms with Crippen molar-refractivity contribution in [2.75, 3.05) is 0 Å². The topological polar surface area (TPSA) is 63.3 Å². The molecule has 0 unspecified atom stereocenters. The van der Waals surface area contributed by atoms with Crippen LogP contribution in [0.3, 0.4) is 0 Å². The second-order valence-corrected chi connectivity index (χ2v) is 3.55. The SMILES string of the molecule is C[C@@H]1C[C@@H]1c1ncc(CC(=O)O)o1. The molecule has 1 fully saturated rings. The molecule has 1 aromatic heterocycles. The van der Waals surface area contributed by atoms with Crippen molar-refractivity contribution in [1.29, 1.82) is 0 Å². The van der Waals surface area contributed by atoms with Gasteiger partial charge in [0.25, 0.3) is 0 Å². The molecule has 1 aromatic rings. The van der Waals surface area contributed by atoms with Gasteiger partial charge in [0.1, 0.15) is 12.2 Å². The number of aromatic nitrogens is 1. The third-order valence-electron chi connectivity index (χ3n) is 2.32. The fourth-order valence-corrected chi connectivity index (χ4v) is 1.39. The van der Waals surface area contributed by atoms with Gasteiger partial charge in [0, 0.05) is 5.92 Å². The van der Waals surface area contributed by atoms with Gasteiger partial charge in [-0.05, 0) is 12.3 Å². The zero-order valence-electron chi connectivity index (χ0n) is 7.36. The molecule has 0 aromatic carbocycles. The van der Waals surface area contributed by atoms with Crippen molar-refractivity contribution in [2.45, 2.75) is 25.7 Å². The first-order valence-electron chi connectivity index (χ1n) is 4.33. The highest BCUT2D eigenvalue weighted by atomic mass is 16.4. The minimum atomic E-state index is -0.883. The van der Waals surface area contributed by atoms with Gasteiger partial charge in [-0.25, -0.2) is 4.98 Å². The Morgan fingerprint density at radius 1 is 1.85 bits per heavy atom. The molecule has 0 aliphatic heterocycles. The Hall–Kier alpha value is -1.32. The lowest BCUT2D eigenvalue weighted by atomic mass is 10.3. The van der Waals surface area contributed by atoms with Gasteiger partial charge >= 0.3 is 5.97 Å². The Morgan fingerprint density at radius 3 is 3.08 bits per heavy atom. The summed E-state index contributed by atoms with van der Waals surface area (Å²) in [7, 11) is 0. The van der Waals surface area contributed by atoms with Crippen molar-refractivity contribution in [3.63, 3.8) is 0 Å². The second-order valence-electron chi connectivity index (χ2n) is 3.55. The highest BCUT2D eigenvalue weighted by Crippen LogP contribution is 2.46. The zero-order chi connectivity index (χ0) is 9.42. The van der Waals surface area contributed by atoms with Crippen LogP contribution in [0.15, 0.2) is 10.6 Å². The van der Waals surface area contributed by atoms with Crippen LogP contribution in [0, 0.1) is 5.92 Å². The van der Waals surface area contributed by atoms with Crippen LogP contribution >= 0.6 is 0 Å². The molecule has 2 atom stereocenters. The van der Waals surface area contributed by atoms with Crippen LogP contribution in [-0.2, 0) is 11.2 Å². The summed E-state index contributed by atoms with van der Waals surface area (Å²) in [5.74, 6) is 1.32. The zero-order valence-corrected chi connectivity index (χ0v) is 7.36. The number of rotatable bonds is 3. The van der Waals surface area contributed by atoms with E-state index in [1.165, 1.54) is 6.20 Å². The maximum atomic E-state index is 10.3. The van der Waals surface area contributed by atoms with Gasteiger partial charge in [0.15, 0.2) is 5.89 Å². The molecular formula is C9H11NO3. The van der Waals surface area contributed by atoms with Crippen LogP contribution in [0.2, 0.25) is 0 Å². The molecule has 13 heavy (non-hydrogen) atoms. The molecule has 1 heterocycles. The lowest BCUT2D eigenvalue weighted by Crippen LogP contribution is -1.97. The van der Waals surface area contributed by atoms with Crippen molar-refractivity contribution in [3.8, 4) is 0 Å². The van der Waals surface area contributed by atoms with Crippen molar-refractivity contribution in [1.82, 2.24) is 4.98 Å². The van der Waals surface area contributed by atoms with Gasteiger partial charge in [0.05, 0.1) is 6.20 Å². The first kappa shape index (κ1) is 8.29. The maximum Gasteiger partial charge on any atom is 0.311 e. The van der Waals surface area contributed by atoms with Crippen molar-refractivity contribution >= 4 is 5.97 Å². The molecule has 70 valence electrons. The molecule has 0 spiro atoms. The Balaban J connectivity index is 2.05. The van der Waals surface area contributed by atoms with E-state index in [2.05, 4.69) is 11.9 Å². The summed E-state index contributed by atoms with van der Waals surface area (Å²) >= 11 is 0.